The lowest BCUT2D eigenvalue weighted by Gasteiger charge is -2.37. The normalized spacial score (nSPS) is 23.1. The second-order valence-corrected chi connectivity index (χ2v) is 10.8. The van der Waals surface area contributed by atoms with Gasteiger partial charge in [0, 0.05) is 29.6 Å². The van der Waals surface area contributed by atoms with Gasteiger partial charge in [0.25, 0.3) is 0 Å². The molecule has 1 N–H and O–H groups in total. The zero-order valence-electron chi connectivity index (χ0n) is 18.4. The Morgan fingerprint density at radius 3 is 2.91 bits per heavy atom. The summed E-state index contributed by atoms with van der Waals surface area (Å²) in [6.45, 7) is 5.44. The number of benzene rings is 1. The number of anilines is 2. The van der Waals surface area contributed by atoms with E-state index < -0.39 is 0 Å². The highest BCUT2D eigenvalue weighted by molar-refractivity contribution is 7.19. The summed E-state index contributed by atoms with van der Waals surface area (Å²) in [5, 5.41) is 8.67. The maximum absolute atomic E-state index is 13.3. The number of carbonyl (C=O) groups excluding carboxylic acids is 1. The molecule has 3 atom stereocenters. The molecule has 6 rings (SSSR count). The molecule has 4 heterocycles. The second kappa shape index (κ2) is 8.27. The van der Waals surface area contributed by atoms with Crippen molar-refractivity contribution < 1.29 is 9.53 Å². The van der Waals surface area contributed by atoms with Crippen LogP contribution in [0, 0.1) is 5.92 Å². The highest BCUT2D eigenvalue weighted by Crippen LogP contribution is 2.41. The van der Waals surface area contributed by atoms with E-state index in [4.69, 9.17) is 4.74 Å². The van der Waals surface area contributed by atoms with Crippen LogP contribution in [0.2, 0.25) is 0 Å². The van der Waals surface area contributed by atoms with Crippen LogP contribution < -0.4 is 5.32 Å². The summed E-state index contributed by atoms with van der Waals surface area (Å²) in [5.41, 5.74) is 3.13. The topological polar surface area (TPSA) is 93.1 Å². The smallest absolute Gasteiger partial charge is 0.226 e. The van der Waals surface area contributed by atoms with Gasteiger partial charge in [-0.15, -0.1) is 16.4 Å². The van der Waals surface area contributed by atoms with Gasteiger partial charge < -0.3 is 15.0 Å². The number of thiophene rings is 1. The Morgan fingerprint density at radius 2 is 2.06 bits per heavy atom. The number of hydrogen-bond acceptors (Lipinski definition) is 9. The molecule has 0 unspecified atom stereocenters. The van der Waals surface area contributed by atoms with Crippen LogP contribution in [0.5, 0.6) is 0 Å². The molecule has 0 spiro atoms. The highest BCUT2D eigenvalue weighted by atomic mass is 32.1. The van der Waals surface area contributed by atoms with Gasteiger partial charge in [0.15, 0.2) is 0 Å². The van der Waals surface area contributed by atoms with Crippen molar-refractivity contribution in [2.24, 2.45) is 5.92 Å². The maximum atomic E-state index is 13.3. The average molecular weight is 481 g/mol. The summed E-state index contributed by atoms with van der Waals surface area (Å²) in [6, 6.07) is 6.01. The van der Waals surface area contributed by atoms with Gasteiger partial charge in [0.1, 0.15) is 22.5 Å². The summed E-state index contributed by atoms with van der Waals surface area (Å²) in [4.78, 5) is 26.6. The molecule has 1 aromatic carbocycles. The lowest BCUT2D eigenvalue weighted by atomic mass is 9.86. The molecule has 2 aliphatic rings. The number of aryl methyl sites for hydroxylation is 1. The van der Waals surface area contributed by atoms with Gasteiger partial charge in [-0.1, -0.05) is 4.49 Å². The Morgan fingerprint density at radius 1 is 1.21 bits per heavy atom. The van der Waals surface area contributed by atoms with Crippen LogP contribution in [0.15, 0.2) is 24.5 Å². The van der Waals surface area contributed by atoms with Crippen LogP contribution in [-0.2, 0) is 22.4 Å². The van der Waals surface area contributed by atoms with Gasteiger partial charge in [-0.2, -0.15) is 0 Å². The number of nitrogens with one attached hydrogen (secondary N) is 1. The fraction of sp³-hybridized carbons (Fsp3) is 0.435. The largest absolute Gasteiger partial charge is 0.372 e. The van der Waals surface area contributed by atoms with E-state index in [0.29, 0.717) is 13.1 Å². The summed E-state index contributed by atoms with van der Waals surface area (Å²) in [6.07, 6.45) is 4.27. The molecule has 10 heteroatoms. The van der Waals surface area contributed by atoms with Crippen LogP contribution >= 0.6 is 22.9 Å². The number of nitrogens with zero attached hydrogens (tertiary/aromatic N) is 5. The first kappa shape index (κ1) is 20.9. The Labute approximate surface area is 199 Å². The average Bonchev–Trinajstić information content (AvgIpc) is 3.41. The molecule has 170 valence electrons. The predicted molar refractivity (Wildman–Crippen MR) is 130 cm³/mol. The van der Waals surface area contributed by atoms with Gasteiger partial charge in [0.05, 0.1) is 22.3 Å². The Bertz CT molecular complexity index is 1340. The van der Waals surface area contributed by atoms with E-state index in [1.165, 1.54) is 22.0 Å². The number of rotatable bonds is 3. The number of morpholine rings is 1. The van der Waals surface area contributed by atoms with Crippen molar-refractivity contribution in [2.75, 3.05) is 18.4 Å². The number of fused-ring (bicyclic) bond motifs is 4. The SMILES string of the molecule is C[C@H]1CN(C(=O)[C@H]2CCc3c(sc4ncnc(Nc5ccc6nnsc6c5)c34)C2)C[C@H](C)O1. The third kappa shape index (κ3) is 3.85. The van der Waals surface area contributed by atoms with E-state index >= 15 is 0 Å². The molecule has 3 aromatic heterocycles. The Hall–Kier alpha value is -2.69. The number of ether oxygens (including phenoxy) is 1. The number of carbonyl (C=O) groups is 1. The fourth-order valence-corrected chi connectivity index (χ4v) is 6.89. The highest BCUT2D eigenvalue weighted by Gasteiger charge is 2.34. The van der Waals surface area contributed by atoms with Crippen LogP contribution in [0.1, 0.15) is 30.7 Å². The number of hydrogen-bond donors (Lipinski definition) is 1. The van der Waals surface area contributed by atoms with Crippen LogP contribution in [0.3, 0.4) is 0 Å². The van der Waals surface area contributed by atoms with Crippen molar-refractivity contribution in [3.8, 4) is 0 Å². The summed E-state index contributed by atoms with van der Waals surface area (Å²) < 4.78 is 10.9. The van der Waals surface area contributed by atoms with Crippen molar-refractivity contribution in [3.63, 3.8) is 0 Å². The lowest BCUT2D eigenvalue weighted by Crippen LogP contribution is -2.50. The van der Waals surface area contributed by atoms with E-state index in [1.54, 1.807) is 17.7 Å². The zero-order chi connectivity index (χ0) is 22.5. The quantitative estimate of drug-likeness (QED) is 0.470. The molecule has 8 nitrogen and oxygen atoms in total. The molecular weight excluding hydrogens is 456 g/mol. The predicted octanol–water partition coefficient (Wildman–Crippen LogP) is 4.18. The van der Waals surface area contributed by atoms with Gasteiger partial charge >= 0.3 is 0 Å². The number of aromatic nitrogens is 4. The second-order valence-electron chi connectivity index (χ2n) is 8.93. The third-order valence-electron chi connectivity index (χ3n) is 6.44. The summed E-state index contributed by atoms with van der Waals surface area (Å²) in [7, 11) is 0. The Kier molecular flexibility index (Phi) is 5.23. The summed E-state index contributed by atoms with van der Waals surface area (Å²) in [5.74, 6) is 1.10. The van der Waals surface area contributed by atoms with Crippen LogP contribution in [0.25, 0.3) is 20.4 Å². The molecule has 33 heavy (non-hydrogen) atoms. The minimum atomic E-state index is 0.0219. The maximum Gasteiger partial charge on any atom is 0.226 e. The molecule has 0 saturated carbocycles. The van der Waals surface area contributed by atoms with Crippen molar-refractivity contribution in [1.29, 1.82) is 0 Å². The zero-order valence-corrected chi connectivity index (χ0v) is 20.1. The molecule has 4 aromatic rings. The Balaban J connectivity index is 1.27. The standard InChI is InChI=1S/C23H24N6O2S2/c1-12-9-29(10-13(2)31-12)23(30)14-3-5-16-18(7-14)32-22-20(16)21(24-11-25-22)26-15-4-6-17-19(8-15)33-28-27-17/h4,6,8,11-14H,3,5,7,9-10H2,1-2H3,(H,24,25,26)/t12-,13-,14-/m0/s1. The minimum absolute atomic E-state index is 0.0219. The van der Waals surface area contributed by atoms with Gasteiger partial charge in [-0.25, -0.2) is 9.97 Å². The molecule has 1 fully saturated rings. The van der Waals surface area contributed by atoms with Crippen molar-refractivity contribution in [3.05, 3.63) is 35.0 Å². The van der Waals surface area contributed by atoms with Gasteiger partial charge in [-0.3, -0.25) is 4.79 Å². The first-order valence-electron chi connectivity index (χ1n) is 11.2. The van der Waals surface area contributed by atoms with Crippen molar-refractivity contribution in [1.82, 2.24) is 24.5 Å². The monoisotopic (exact) mass is 480 g/mol. The van der Waals surface area contributed by atoms with E-state index in [-0.39, 0.29) is 24.0 Å². The first-order chi connectivity index (χ1) is 16.0. The van der Waals surface area contributed by atoms with E-state index in [1.807, 2.05) is 36.9 Å². The third-order valence-corrected chi connectivity index (χ3v) is 8.29. The summed E-state index contributed by atoms with van der Waals surface area (Å²) >= 11 is 3.07. The van der Waals surface area contributed by atoms with Crippen molar-refractivity contribution >= 4 is 60.7 Å². The van der Waals surface area contributed by atoms with E-state index in [2.05, 4.69) is 24.9 Å². The van der Waals surface area contributed by atoms with Crippen LogP contribution in [-0.4, -0.2) is 55.7 Å². The first-order valence-corrected chi connectivity index (χ1v) is 12.8. The van der Waals surface area contributed by atoms with E-state index in [9.17, 15) is 4.79 Å². The molecule has 0 bridgehead atoms. The molecule has 1 aliphatic heterocycles. The lowest BCUT2D eigenvalue weighted by molar-refractivity contribution is -0.147. The van der Waals surface area contributed by atoms with Gasteiger partial charge in [0.2, 0.25) is 5.91 Å². The molecule has 1 aliphatic carbocycles. The molecule has 1 amide bonds. The van der Waals surface area contributed by atoms with E-state index in [0.717, 1.165) is 51.2 Å². The molecule has 0 radical (unpaired) electrons. The minimum Gasteiger partial charge on any atom is -0.372 e. The van der Waals surface area contributed by atoms with Gasteiger partial charge in [-0.05, 0) is 68.4 Å². The van der Waals surface area contributed by atoms with Crippen molar-refractivity contribution in [2.45, 2.75) is 45.3 Å². The fourth-order valence-electron chi connectivity index (χ4n) is 5.02. The van der Waals surface area contributed by atoms with Crippen LogP contribution in [0.4, 0.5) is 11.5 Å². The molecular formula is C23H24N6O2S2. The number of amides is 1. The molecule has 1 saturated heterocycles.